The van der Waals surface area contributed by atoms with Gasteiger partial charge in [0.15, 0.2) is 0 Å². The van der Waals surface area contributed by atoms with Crippen molar-refractivity contribution in [1.29, 1.82) is 0 Å². The fourth-order valence-corrected chi connectivity index (χ4v) is 1.84. The van der Waals surface area contributed by atoms with Crippen molar-refractivity contribution in [2.75, 3.05) is 13.1 Å². The Labute approximate surface area is 136 Å². The lowest BCUT2D eigenvalue weighted by Gasteiger charge is -2.07. The molecule has 0 heterocycles. The Morgan fingerprint density at radius 1 is 0.700 bits per heavy atom. The highest BCUT2D eigenvalue weighted by Crippen LogP contribution is 2.04. The molecule has 1 rings (SSSR count). The zero-order chi connectivity index (χ0) is 13.1. The highest BCUT2D eigenvalue weighted by Gasteiger charge is 1.95. The van der Waals surface area contributed by atoms with E-state index in [4.69, 9.17) is 0 Å². The van der Waals surface area contributed by atoms with E-state index in [0.29, 0.717) is 0 Å². The molecule has 0 atom stereocenters. The van der Waals surface area contributed by atoms with Crippen molar-refractivity contribution in [1.82, 2.24) is 10.6 Å². The zero-order valence-electron chi connectivity index (χ0n) is 12.8. The van der Waals surface area contributed by atoms with E-state index in [-0.39, 0.29) is 24.8 Å². The number of hydrogen-bond donors (Lipinski definition) is 2. The molecule has 0 saturated heterocycles. The second-order valence-corrected chi connectivity index (χ2v) is 4.88. The summed E-state index contributed by atoms with van der Waals surface area (Å²) in [6.45, 7) is 8.67. The number of hydrogen-bond acceptors (Lipinski definition) is 2. The maximum absolute atomic E-state index is 3.47. The zero-order valence-corrected chi connectivity index (χ0v) is 14.4. The van der Waals surface area contributed by atoms with E-state index >= 15 is 0 Å². The SMILES string of the molecule is CCCCNCc1ccc(CNCCCC)cc1.Cl.Cl. The molecule has 0 aliphatic rings. The van der Waals surface area contributed by atoms with Gasteiger partial charge in [0.25, 0.3) is 0 Å². The smallest absolute Gasteiger partial charge is 0.0205 e. The van der Waals surface area contributed by atoms with Crippen molar-refractivity contribution in [2.45, 2.75) is 52.6 Å². The molecule has 0 aliphatic heterocycles. The van der Waals surface area contributed by atoms with E-state index in [1.807, 2.05) is 0 Å². The fraction of sp³-hybridized carbons (Fsp3) is 0.625. The van der Waals surface area contributed by atoms with E-state index in [1.54, 1.807) is 0 Å². The minimum Gasteiger partial charge on any atom is -0.313 e. The molecular formula is C16H30Cl2N2. The van der Waals surface area contributed by atoms with E-state index in [2.05, 4.69) is 48.7 Å². The van der Waals surface area contributed by atoms with E-state index in [9.17, 15) is 0 Å². The molecule has 0 fully saturated rings. The molecule has 1 aromatic carbocycles. The van der Waals surface area contributed by atoms with Gasteiger partial charge in [-0.1, -0.05) is 51.0 Å². The van der Waals surface area contributed by atoms with Crippen LogP contribution in [0.25, 0.3) is 0 Å². The number of benzene rings is 1. The van der Waals surface area contributed by atoms with Crippen LogP contribution >= 0.6 is 24.8 Å². The van der Waals surface area contributed by atoms with Gasteiger partial charge in [-0.25, -0.2) is 0 Å². The summed E-state index contributed by atoms with van der Waals surface area (Å²) in [4.78, 5) is 0. The second-order valence-electron chi connectivity index (χ2n) is 4.88. The Bertz CT molecular complexity index is 271. The first-order valence-corrected chi connectivity index (χ1v) is 7.36. The normalized spacial score (nSPS) is 9.70. The molecule has 0 spiro atoms. The minimum atomic E-state index is 0. The molecule has 2 N–H and O–H groups in total. The quantitative estimate of drug-likeness (QED) is 0.628. The van der Waals surface area contributed by atoms with Crippen molar-refractivity contribution in [3.8, 4) is 0 Å². The number of halogens is 2. The first-order valence-electron chi connectivity index (χ1n) is 7.36. The van der Waals surface area contributed by atoms with Crippen molar-refractivity contribution < 1.29 is 0 Å². The Morgan fingerprint density at radius 3 is 1.35 bits per heavy atom. The average Bonchev–Trinajstić information content (AvgIpc) is 2.41. The Morgan fingerprint density at radius 2 is 1.05 bits per heavy atom. The van der Waals surface area contributed by atoms with Gasteiger partial charge in [-0.2, -0.15) is 0 Å². The maximum Gasteiger partial charge on any atom is 0.0205 e. The van der Waals surface area contributed by atoms with Crippen LogP contribution in [0.2, 0.25) is 0 Å². The summed E-state index contributed by atoms with van der Waals surface area (Å²) in [6.07, 6.45) is 5.05. The molecule has 4 heteroatoms. The van der Waals surface area contributed by atoms with E-state index in [0.717, 1.165) is 26.2 Å². The van der Waals surface area contributed by atoms with Crippen LogP contribution < -0.4 is 10.6 Å². The van der Waals surface area contributed by atoms with Gasteiger partial charge in [0, 0.05) is 13.1 Å². The van der Waals surface area contributed by atoms with E-state index < -0.39 is 0 Å². The molecule has 0 bridgehead atoms. The highest BCUT2D eigenvalue weighted by molar-refractivity contribution is 5.85. The van der Waals surface area contributed by atoms with Crippen molar-refractivity contribution in [2.24, 2.45) is 0 Å². The first-order chi connectivity index (χ1) is 8.86. The van der Waals surface area contributed by atoms with Crippen molar-refractivity contribution >= 4 is 24.8 Å². The largest absolute Gasteiger partial charge is 0.313 e. The first kappa shape index (κ1) is 22.0. The minimum absolute atomic E-state index is 0. The van der Waals surface area contributed by atoms with Gasteiger partial charge >= 0.3 is 0 Å². The summed E-state index contributed by atoms with van der Waals surface area (Å²) in [6, 6.07) is 8.93. The van der Waals surface area contributed by atoms with Crippen LogP contribution in [0.3, 0.4) is 0 Å². The van der Waals surface area contributed by atoms with Crippen LogP contribution in [0.5, 0.6) is 0 Å². The lowest BCUT2D eigenvalue weighted by Crippen LogP contribution is -2.15. The van der Waals surface area contributed by atoms with Crippen LogP contribution in [0.1, 0.15) is 50.7 Å². The lowest BCUT2D eigenvalue weighted by molar-refractivity contribution is 0.637. The number of nitrogens with one attached hydrogen (secondary N) is 2. The summed E-state index contributed by atoms with van der Waals surface area (Å²) >= 11 is 0. The second kappa shape index (κ2) is 15.1. The predicted octanol–water partition coefficient (Wildman–Crippen LogP) is 4.31. The third-order valence-corrected chi connectivity index (χ3v) is 3.10. The predicted molar refractivity (Wildman–Crippen MR) is 94.2 cm³/mol. The number of unbranched alkanes of at least 4 members (excludes halogenated alkanes) is 2. The Balaban J connectivity index is 0. The third-order valence-electron chi connectivity index (χ3n) is 3.10. The summed E-state index contributed by atoms with van der Waals surface area (Å²) in [5, 5.41) is 6.93. The topological polar surface area (TPSA) is 24.1 Å². The molecule has 0 aromatic heterocycles. The average molecular weight is 321 g/mol. The molecule has 1 aromatic rings. The van der Waals surface area contributed by atoms with Crippen LogP contribution in [0.4, 0.5) is 0 Å². The molecule has 0 amide bonds. The molecule has 0 radical (unpaired) electrons. The van der Waals surface area contributed by atoms with Crippen LogP contribution in [-0.4, -0.2) is 13.1 Å². The Kier molecular flexibility index (Phi) is 16.6. The molecule has 2 nitrogen and oxygen atoms in total. The molecule has 0 aliphatic carbocycles. The van der Waals surface area contributed by atoms with Crippen LogP contribution in [0.15, 0.2) is 24.3 Å². The molecule has 0 saturated carbocycles. The van der Waals surface area contributed by atoms with Gasteiger partial charge < -0.3 is 10.6 Å². The monoisotopic (exact) mass is 320 g/mol. The van der Waals surface area contributed by atoms with E-state index in [1.165, 1.54) is 36.8 Å². The molecule has 20 heavy (non-hydrogen) atoms. The number of rotatable bonds is 10. The van der Waals surface area contributed by atoms with Crippen LogP contribution in [0, 0.1) is 0 Å². The molecule has 0 unspecified atom stereocenters. The van der Waals surface area contributed by atoms with Crippen molar-refractivity contribution in [3.63, 3.8) is 0 Å². The van der Waals surface area contributed by atoms with Gasteiger partial charge in [0.2, 0.25) is 0 Å². The Hall–Kier alpha value is -0.280. The maximum atomic E-state index is 3.47. The summed E-state index contributed by atoms with van der Waals surface area (Å²) in [5.41, 5.74) is 2.76. The fourth-order valence-electron chi connectivity index (χ4n) is 1.84. The van der Waals surface area contributed by atoms with Crippen molar-refractivity contribution in [3.05, 3.63) is 35.4 Å². The van der Waals surface area contributed by atoms with Gasteiger partial charge in [-0.15, -0.1) is 24.8 Å². The van der Waals surface area contributed by atoms with Gasteiger partial charge in [0.05, 0.1) is 0 Å². The molecule has 118 valence electrons. The lowest BCUT2D eigenvalue weighted by atomic mass is 10.1. The van der Waals surface area contributed by atoms with Gasteiger partial charge in [-0.05, 0) is 37.1 Å². The standard InChI is InChI=1S/C16H28N2.2ClH/c1-3-5-11-17-13-15-7-9-16(10-8-15)14-18-12-6-4-2;;/h7-10,17-18H,3-6,11-14H2,1-2H3;2*1H. The van der Waals surface area contributed by atoms with Crippen LogP contribution in [-0.2, 0) is 13.1 Å². The van der Waals surface area contributed by atoms with Gasteiger partial charge in [-0.3, -0.25) is 0 Å². The van der Waals surface area contributed by atoms with Gasteiger partial charge in [0.1, 0.15) is 0 Å². The highest BCUT2D eigenvalue weighted by atomic mass is 35.5. The summed E-state index contributed by atoms with van der Waals surface area (Å²) < 4.78 is 0. The summed E-state index contributed by atoms with van der Waals surface area (Å²) in [7, 11) is 0. The summed E-state index contributed by atoms with van der Waals surface area (Å²) in [5.74, 6) is 0. The third kappa shape index (κ3) is 10.5. The molecular weight excluding hydrogens is 291 g/mol.